The van der Waals surface area contributed by atoms with Crippen molar-refractivity contribution in [1.29, 1.82) is 0 Å². The molecule has 6 nitrogen and oxygen atoms in total. The number of nitrogens with zero attached hydrogens (tertiary/aromatic N) is 2. The Balaban J connectivity index is 2.11. The van der Waals surface area contributed by atoms with E-state index in [2.05, 4.69) is 15.5 Å². The van der Waals surface area contributed by atoms with Crippen molar-refractivity contribution >= 4 is 15.5 Å². The summed E-state index contributed by atoms with van der Waals surface area (Å²) < 4.78 is 27.7. The standard InChI is InChI=1S/C11H13N3O3S/c1-8-13-11(17-14-8)7-12-9-4-3-5-10(6-9)18(2,15)16/h3-6,12H,7H2,1-2H3. The van der Waals surface area contributed by atoms with E-state index in [1.807, 2.05) is 0 Å². The lowest BCUT2D eigenvalue weighted by Gasteiger charge is -2.05. The first-order valence-corrected chi connectivity index (χ1v) is 7.17. The van der Waals surface area contributed by atoms with Gasteiger partial charge in [-0.05, 0) is 25.1 Å². The lowest BCUT2D eigenvalue weighted by molar-refractivity contribution is 0.379. The van der Waals surface area contributed by atoms with E-state index in [4.69, 9.17) is 4.52 Å². The number of nitrogens with one attached hydrogen (secondary N) is 1. The van der Waals surface area contributed by atoms with E-state index >= 15 is 0 Å². The van der Waals surface area contributed by atoms with Gasteiger partial charge in [-0.3, -0.25) is 0 Å². The second-order valence-corrected chi connectivity index (χ2v) is 5.90. The fourth-order valence-corrected chi connectivity index (χ4v) is 2.09. The molecule has 7 heteroatoms. The van der Waals surface area contributed by atoms with Gasteiger partial charge in [0.25, 0.3) is 0 Å². The van der Waals surface area contributed by atoms with E-state index in [0.29, 0.717) is 23.9 Å². The smallest absolute Gasteiger partial charge is 0.245 e. The molecule has 2 aromatic rings. The van der Waals surface area contributed by atoms with E-state index < -0.39 is 9.84 Å². The highest BCUT2D eigenvalue weighted by atomic mass is 32.2. The fourth-order valence-electron chi connectivity index (χ4n) is 1.43. The largest absolute Gasteiger partial charge is 0.376 e. The number of aromatic nitrogens is 2. The third-order valence-electron chi connectivity index (χ3n) is 2.28. The van der Waals surface area contributed by atoms with Crippen LogP contribution in [-0.2, 0) is 16.4 Å². The summed E-state index contributed by atoms with van der Waals surface area (Å²) in [6.07, 6.45) is 1.17. The second-order valence-electron chi connectivity index (χ2n) is 3.89. The van der Waals surface area contributed by atoms with Gasteiger partial charge < -0.3 is 9.84 Å². The highest BCUT2D eigenvalue weighted by Gasteiger charge is 2.08. The van der Waals surface area contributed by atoms with Gasteiger partial charge in [0.2, 0.25) is 5.89 Å². The van der Waals surface area contributed by atoms with Crippen LogP contribution in [0.2, 0.25) is 0 Å². The van der Waals surface area contributed by atoms with Crippen molar-refractivity contribution in [3.63, 3.8) is 0 Å². The fraction of sp³-hybridized carbons (Fsp3) is 0.273. The molecule has 0 aliphatic heterocycles. The van der Waals surface area contributed by atoms with Gasteiger partial charge in [-0.15, -0.1) is 0 Å². The van der Waals surface area contributed by atoms with Gasteiger partial charge in [-0.2, -0.15) is 4.98 Å². The molecule has 1 aromatic carbocycles. The molecule has 0 saturated carbocycles. The molecule has 0 atom stereocenters. The molecule has 18 heavy (non-hydrogen) atoms. The molecule has 0 aliphatic rings. The molecule has 0 bridgehead atoms. The number of hydrogen-bond donors (Lipinski definition) is 1. The normalized spacial score (nSPS) is 11.4. The van der Waals surface area contributed by atoms with Crippen LogP contribution < -0.4 is 5.32 Å². The van der Waals surface area contributed by atoms with Crippen molar-refractivity contribution in [2.24, 2.45) is 0 Å². The third kappa shape index (κ3) is 3.07. The zero-order valence-corrected chi connectivity index (χ0v) is 10.9. The van der Waals surface area contributed by atoms with Gasteiger partial charge in [0, 0.05) is 11.9 Å². The summed E-state index contributed by atoms with van der Waals surface area (Å²) in [7, 11) is -3.20. The molecule has 96 valence electrons. The summed E-state index contributed by atoms with van der Waals surface area (Å²) in [5.41, 5.74) is 0.689. The van der Waals surface area contributed by atoms with Crippen molar-refractivity contribution < 1.29 is 12.9 Å². The molecule has 0 spiro atoms. The van der Waals surface area contributed by atoms with Crippen LogP contribution in [0.15, 0.2) is 33.7 Å². The predicted octanol–water partition coefficient (Wildman–Crippen LogP) is 1.39. The highest BCUT2D eigenvalue weighted by Crippen LogP contribution is 2.15. The molecule has 0 unspecified atom stereocenters. The molecule has 0 radical (unpaired) electrons. The predicted molar refractivity (Wildman–Crippen MR) is 65.9 cm³/mol. The minimum absolute atomic E-state index is 0.272. The summed E-state index contributed by atoms with van der Waals surface area (Å²) >= 11 is 0. The first kappa shape index (κ1) is 12.6. The highest BCUT2D eigenvalue weighted by molar-refractivity contribution is 7.90. The Morgan fingerprint density at radius 1 is 1.39 bits per heavy atom. The minimum Gasteiger partial charge on any atom is -0.376 e. The van der Waals surface area contributed by atoms with Crippen LogP contribution in [0.4, 0.5) is 5.69 Å². The number of hydrogen-bond acceptors (Lipinski definition) is 6. The average molecular weight is 267 g/mol. The van der Waals surface area contributed by atoms with Crippen LogP contribution in [0.1, 0.15) is 11.7 Å². The van der Waals surface area contributed by atoms with Gasteiger partial charge in [0.1, 0.15) is 0 Å². The summed E-state index contributed by atoms with van der Waals surface area (Å²) in [6.45, 7) is 2.09. The Bertz CT molecular complexity index is 649. The first-order chi connectivity index (χ1) is 8.45. The Morgan fingerprint density at radius 3 is 2.78 bits per heavy atom. The van der Waals surface area contributed by atoms with Gasteiger partial charge in [0.05, 0.1) is 11.4 Å². The van der Waals surface area contributed by atoms with E-state index in [1.165, 1.54) is 6.26 Å². The van der Waals surface area contributed by atoms with Gasteiger partial charge in [-0.25, -0.2) is 8.42 Å². The summed E-state index contributed by atoms with van der Waals surface area (Å²) in [4.78, 5) is 4.31. The molecular weight excluding hydrogens is 254 g/mol. The van der Waals surface area contributed by atoms with Crippen molar-refractivity contribution in [1.82, 2.24) is 10.1 Å². The van der Waals surface area contributed by atoms with E-state index in [-0.39, 0.29) is 4.90 Å². The topological polar surface area (TPSA) is 85.1 Å². The van der Waals surface area contributed by atoms with E-state index in [1.54, 1.807) is 31.2 Å². The zero-order chi connectivity index (χ0) is 13.2. The first-order valence-electron chi connectivity index (χ1n) is 5.28. The maximum Gasteiger partial charge on any atom is 0.245 e. The van der Waals surface area contributed by atoms with Crippen LogP contribution in [0.25, 0.3) is 0 Å². The van der Waals surface area contributed by atoms with Gasteiger partial charge >= 0.3 is 0 Å². The number of anilines is 1. The number of sulfone groups is 1. The number of rotatable bonds is 4. The monoisotopic (exact) mass is 267 g/mol. The molecule has 1 N–H and O–H groups in total. The third-order valence-corrected chi connectivity index (χ3v) is 3.39. The van der Waals surface area contributed by atoms with Crippen LogP contribution in [0.5, 0.6) is 0 Å². The maximum atomic E-state index is 11.4. The lowest BCUT2D eigenvalue weighted by Crippen LogP contribution is -2.02. The summed E-state index contributed by atoms with van der Waals surface area (Å²) in [5, 5.41) is 6.69. The summed E-state index contributed by atoms with van der Waals surface area (Å²) in [5.74, 6) is 1.02. The molecule has 0 amide bonds. The minimum atomic E-state index is -3.20. The van der Waals surface area contributed by atoms with Crippen molar-refractivity contribution in [3.8, 4) is 0 Å². The SMILES string of the molecule is Cc1noc(CNc2cccc(S(C)(=O)=O)c2)n1. The van der Waals surface area contributed by atoms with E-state index in [0.717, 1.165) is 0 Å². The van der Waals surface area contributed by atoms with E-state index in [9.17, 15) is 8.42 Å². The molecule has 1 aromatic heterocycles. The van der Waals surface area contributed by atoms with Crippen molar-refractivity contribution in [2.45, 2.75) is 18.4 Å². The molecule has 0 aliphatic carbocycles. The van der Waals surface area contributed by atoms with Gasteiger partial charge in [-0.1, -0.05) is 11.2 Å². The number of benzene rings is 1. The van der Waals surface area contributed by atoms with Gasteiger partial charge in [0.15, 0.2) is 15.7 Å². The Kier molecular flexibility index (Phi) is 3.33. The number of aryl methyl sites for hydroxylation is 1. The quantitative estimate of drug-likeness (QED) is 0.901. The van der Waals surface area contributed by atoms with Crippen LogP contribution >= 0.6 is 0 Å². The molecule has 1 heterocycles. The van der Waals surface area contributed by atoms with Crippen LogP contribution in [-0.4, -0.2) is 24.8 Å². The van der Waals surface area contributed by atoms with Crippen molar-refractivity contribution in [3.05, 3.63) is 36.0 Å². The zero-order valence-electron chi connectivity index (χ0n) is 10.0. The Hall–Kier alpha value is -1.89. The Morgan fingerprint density at radius 2 is 2.17 bits per heavy atom. The maximum absolute atomic E-state index is 11.4. The molecular formula is C11H13N3O3S. The average Bonchev–Trinajstić information content (AvgIpc) is 2.72. The second kappa shape index (κ2) is 4.77. The molecule has 0 fully saturated rings. The van der Waals surface area contributed by atoms with Crippen LogP contribution in [0, 0.1) is 6.92 Å². The molecule has 0 saturated heterocycles. The lowest BCUT2D eigenvalue weighted by atomic mass is 10.3. The molecule has 2 rings (SSSR count). The summed E-state index contributed by atoms with van der Waals surface area (Å²) in [6, 6.07) is 6.58. The van der Waals surface area contributed by atoms with Crippen LogP contribution in [0.3, 0.4) is 0 Å². The van der Waals surface area contributed by atoms with Crippen molar-refractivity contribution in [2.75, 3.05) is 11.6 Å². The Labute approximate surface area is 105 Å².